The highest BCUT2D eigenvalue weighted by molar-refractivity contribution is 5.50. The van der Waals surface area contributed by atoms with Crippen molar-refractivity contribution in [3.8, 4) is 6.07 Å². The van der Waals surface area contributed by atoms with Crippen LogP contribution in [0.4, 0.5) is 14.5 Å². The lowest BCUT2D eigenvalue weighted by Gasteiger charge is -2.24. The van der Waals surface area contributed by atoms with Crippen LogP contribution in [-0.4, -0.2) is 31.1 Å². The van der Waals surface area contributed by atoms with Gasteiger partial charge in [0.15, 0.2) is 11.6 Å². The summed E-state index contributed by atoms with van der Waals surface area (Å²) >= 11 is 0. The van der Waals surface area contributed by atoms with E-state index in [1.54, 1.807) is 6.07 Å². The lowest BCUT2D eigenvalue weighted by molar-refractivity contribution is 0.254. The maximum Gasteiger partial charge on any atom is 0.150 e. The number of nitriles is 1. The van der Waals surface area contributed by atoms with Gasteiger partial charge in [0.1, 0.15) is 5.69 Å². The smallest absolute Gasteiger partial charge is 0.150 e. The lowest BCUT2D eigenvalue weighted by atomic mass is 10.2. The molecule has 0 aromatic heterocycles. The monoisotopic (exact) mass is 279 g/mol. The number of hydrogen-bond acceptors (Lipinski definition) is 3. The molecule has 0 saturated heterocycles. The van der Waals surface area contributed by atoms with Crippen LogP contribution in [0.15, 0.2) is 12.1 Å². The second-order valence-electron chi connectivity index (χ2n) is 5.27. The Labute approximate surface area is 118 Å². The zero-order valence-corrected chi connectivity index (χ0v) is 11.6. The standard InChI is InChI=1S/C15H19F2N3/c1-20(12-4-2-3-5-12)7-6-19-15-13(16)8-11(10-18)9-14(15)17/h8-9,12,19H,2-7H2,1H3. The van der Waals surface area contributed by atoms with E-state index < -0.39 is 11.6 Å². The average Bonchev–Trinajstić information content (AvgIpc) is 2.95. The van der Waals surface area contributed by atoms with Crippen LogP contribution in [0.25, 0.3) is 0 Å². The molecule has 2 rings (SSSR count). The molecule has 5 heteroatoms. The number of rotatable bonds is 5. The predicted molar refractivity (Wildman–Crippen MR) is 74.4 cm³/mol. The number of nitrogens with one attached hydrogen (secondary N) is 1. The summed E-state index contributed by atoms with van der Waals surface area (Å²) in [5.74, 6) is -1.44. The Balaban J connectivity index is 1.89. The third-order valence-electron chi connectivity index (χ3n) is 3.89. The Morgan fingerprint density at radius 3 is 2.45 bits per heavy atom. The van der Waals surface area contributed by atoms with Crippen LogP contribution >= 0.6 is 0 Å². The van der Waals surface area contributed by atoms with E-state index in [1.165, 1.54) is 25.7 Å². The van der Waals surface area contributed by atoms with Crippen molar-refractivity contribution in [1.29, 1.82) is 5.26 Å². The molecule has 108 valence electrons. The van der Waals surface area contributed by atoms with Gasteiger partial charge in [-0.05, 0) is 32.0 Å². The van der Waals surface area contributed by atoms with Crippen molar-refractivity contribution in [1.82, 2.24) is 4.90 Å². The van der Waals surface area contributed by atoms with Crippen molar-refractivity contribution in [3.63, 3.8) is 0 Å². The summed E-state index contributed by atoms with van der Waals surface area (Å²) in [6, 6.07) is 4.42. The summed E-state index contributed by atoms with van der Waals surface area (Å²) in [5, 5.41) is 11.4. The summed E-state index contributed by atoms with van der Waals surface area (Å²) in [6.07, 6.45) is 4.94. The predicted octanol–water partition coefficient (Wildman–Crippen LogP) is 3.12. The van der Waals surface area contributed by atoms with Gasteiger partial charge in [0.25, 0.3) is 0 Å². The van der Waals surface area contributed by atoms with Crippen LogP contribution in [0.3, 0.4) is 0 Å². The van der Waals surface area contributed by atoms with Gasteiger partial charge in [0, 0.05) is 19.1 Å². The number of likely N-dealkylation sites (N-methyl/N-ethyl adjacent to an activating group) is 1. The first kappa shape index (κ1) is 14.7. The van der Waals surface area contributed by atoms with Gasteiger partial charge in [-0.2, -0.15) is 5.26 Å². The normalized spacial score (nSPS) is 15.6. The molecule has 1 saturated carbocycles. The van der Waals surface area contributed by atoms with E-state index >= 15 is 0 Å². The van der Waals surface area contributed by atoms with Crippen molar-refractivity contribution >= 4 is 5.69 Å². The molecule has 3 nitrogen and oxygen atoms in total. The van der Waals surface area contributed by atoms with Crippen LogP contribution in [0.2, 0.25) is 0 Å². The first-order valence-corrected chi connectivity index (χ1v) is 6.95. The van der Waals surface area contributed by atoms with Crippen molar-refractivity contribution in [3.05, 3.63) is 29.3 Å². The van der Waals surface area contributed by atoms with Gasteiger partial charge in [-0.15, -0.1) is 0 Å². The fraction of sp³-hybridized carbons (Fsp3) is 0.533. The lowest BCUT2D eigenvalue weighted by Crippen LogP contribution is -2.33. The minimum atomic E-state index is -0.718. The van der Waals surface area contributed by atoms with Crippen LogP contribution in [0.5, 0.6) is 0 Å². The molecule has 1 N–H and O–H groups in total. The van der Waals surface area contributed by atoms with Crippen molar-refractivity contribution in [2.45, 2.75) is 31.7 Å². The zero-order chi connectivity index (χ0) is 14.5. The molecule has 1 aromatic rings. The Kier molecular flexibility index (Phi) is 4.91. The molecule has 1 aromatic carbocycles. The van der Waals surface area contributed by atoms with Gasteiger partial charge in [0.05, 0.1) is 11.6 Å². The van der Waals surface area contributed by atoms with Gasteiger partial charge in [-0.1, -0.05) is 12.8 Å². The fourth-order valence-electron chi connectivity index (χ4n) is 2.69. The molecule has 20 heavy (non-hydrogen) atoms. The van der Waals surface area contributed by atoms with E-state index in [4.69, 9.17) is 5.26 Å². The molecule has 0 spiro atoms. The Hall–Kier alpha value is -1.67. The molecule has 1 aliphatic rings. The van der Waals surface area contributed by atoms with Gasteiger partial charge in [0.2, 0.25) is 0 Å². The molecular weight excluding hydrogens is 260 g/mol. The molecule has 1 aliphatic carbocycles. The molecule has 0 unspecified atom stereocenters. The van der Waals surface area contributed by atoms with Gasteiger partial charge < -0.3 is 10.2 Å². The maximum absolute atomic E-state index is 13.7. The molecular formula is C15H19F2N3. The quantitative estimate of drug-likeness (QED) is 0.900. The second-order valence-corrected chi connectivity index (χ2v) is 5.27. The van der Waals surface area contributed by atoms with Crippen LogP contribution in [-0.2, 0) is 0 Å². The first-order chi connectivity index (χ1) is 9.61. The first-order valence-electron chi connectivity index (χ1n) is 6.95. The Bertz CT molecular complexity index is 481. The van der Waals surface area contributed by atoms with E-state index in [1.807, 2.05) is 7.05 Å². The van der Waals surface area contributed by atoms with E-state index in [0.29, 0.717) is 12.6 Å². The van der Waals surface area contributed by atoms with E-state index in [-0.39, 0.29) is 11.3 Å². The highest BCUT2D eigenvalue weighted by Gasteiger charge is 2.19. The molecule has 0 atom stereocenters. The molecule has 0 bridgehead atoms. The number of nitrogens with zero attached hydrogens (tertiary/aromatic N) is 2. The van der Waals surface area contributed by atoms with Crippen molar-refractivity contribution in [2.24, 2.45) is 0 Å². The van der Waals surface area contributed by atoms with E-state index in [2.05, 4.69) is 10.2 Å². The van der Waals surface area contributed by atoms with Gasteiger partial charge in [-0.3, -0.25) is 0 Å². The molecule has 0 radical (unpaired) electrons. The number of benzene rings is 1. The van der Waals surface area contributed by atoms with Crippen LogP contribution in [0.1, 0.15) is 31.2 Å². The Morgan fingerprint density at radius 2 is 1.90 bits per heavy atom. The fourth-order valence-corrected chi connectivity index (χ4v) is 2.69. The topological polar surface area (TPSA) is 39.1 Å². The van der Waals surface area contributed by atoms with Crippen LogP contribution < -0.4 is 5.32 Å². The highest BCUT2D eigenvalue weighted by atomic mass is 19.1. The third-order valence-corrected chi connectivity index (χ3v) is 3.89. The summed E-state index contributed by atoms with van der Waals surface area (Å²) in [4.78, 5) is 2.24. The van der Waals surface area contributed by atoms with Gasteiger partial charge in [-0.25, -0.2) is 8.78 Å². The summed E-state index contributed by atoms with van der Waals surface area (Å²) in [5.41, 5.74) is -0.155. The molecule has 0 aliphatic heterocycles. The van der Waals surface area contributed by atoms with Crippen molar-refractivity contribution < 1.29 is 8.78 Å². The Morgan fingerprint density at radius 1 is 1.30 bits per heavy atom. The average molecular weight is 279 g/mol. The highest BCUT2D eigenvalue weighted by Crippen LogP contribution is 2.23. The second kappa shape index (κ2) is 6.67. The van der Waals surface area contributed by atoms with Crippen molar-refractivity contribution in [2.75, 3.05) is 25.5 Å². The largest absolute Gasteiger partial charge is 0.379 e. The van der Waals surface area contributed by atoms with Crippen LogP contribution in [0, 0.1) is 23.0 Å². The third kappa shape index (κ3) is 3.45. The number of hydrogen-bond donors (Lipinski definition) is 1. The zero-order valence-electron chi connectivity index (χ0n) is 11.6. The molecule has 0 amide bonds. The number of halogens is 2. The minimum absolute atomic E-state index is 0.00590. The maximum atomic E-state index is 13.7. The number of anilines is 1. The van der Waals surface area contributed by atoms with E-state index in [0.717, 1.165) is 18.7 Å². The SMILES string of the molecule is CN(CCNc1c(F)cc(C#N)cc1F)C1CCCC1. The summed E-state index contributed by atoms with van der Waals surface area (Å²) in [6.45, 7) is 1.22. The minimum Gasteiger partial charge on any atom is -0.379 e. The summed E-state index contributed by atoms with van der Waals surface area (Å²) in [7, 11) is 2.04. The van der Waals surface area contributed by atoms with Gasteiger partial charge >= 0.3 is 0 Å². The molecule has 1 fully saturated rings. The summed E-state index contributed by atoms with van der Waals surface area (Å²) < 4.78 is 27.3. The molecule has 0 heterocycles. The van der Waals surface area contributed by atoms with E-state index in [9.17, 15) is 8.78 Å².